The van der Waals surface area contributed by atoms with E-state index in [4.69, 9.17) is 9.84 Å². The van der Waals surface area contributed by atoms with Crippen molar-refractivity contribution in [2.24, 2.45) is 0 Å². The summed E-state index contributed by atoms with van der Waals surface area (Å²) in [5.74, 6) is 2.20. The number of thiophene rings is 1. The summed E-state index contributed by atoms with van der Waals surface area (Å²) in [5, 5.41) is 16.6. The molecule has 1 aliphatic heterocycles. The molecule has 4 nitrogen and oxygen atoms in total. The molecule has 1 atom stereocenters. The number of benzene rings is 1. The molecule has 2 aromatic heterocycles. The molecule has 0 saturated heterocycles. The number of aromatic nitrogens is 1. The molecule has 0 fully saturated rings. The molecule has 3 heterocycles. The van der Waals surface area contributed by atoms with Gasteiger partial charge in [-0.05, 0) is 52.6 Å². The molecule has 0 amide bonds. The Hall–Kier alpha value is -2.37. The molecule has 1 unspecified atom stereocenters. The highest BCUT2D eigenvalue weighted by molar-refractivity contribution is 7.08. The van der Waals surface area contributed by atoms with Crippen molar-refractivity contribution in [3.8, 4) is 16.9 Å². The summed E-state index contributed by atoms with van der Waals surface area (Å²) in [6.07, 6.45) is 2.88. The zero-order chi connectivity index (χ0) is 17.1. The highest BCUT2D eigenvalue weighted by atomic mass is 32.1. The predicted molar refractivity (Wildman–Crippen MR) is 102 cm³/mol. The highest BCUT2D eigenvalue weighted by Crippen LogP contribution is 2.35. The van der Waals surface area contributed by atoms with Crippen LogP contribution < -0.4 is 10.1 Å². The molecule has 0 spiro atoms. The third-order valence-corrected chi connectivity index (χ3v) is 5.15. The Labute approximate surface area is 151 Å². The van der Waals surface area contributed by atoms with Crippen LogP contribution in [-0.4, -0.2) is 29.8 Å². The van der Waals surface area contributed by atoms with Crippen LogP contribution in [0.15, 0.2) is 53.4 Å². The third kappa shape index (κ3) is 3.52. The first-order valence-corrected chi connectivity index (χ1v) is 9.37. The summed E-state index contributed by atoms with van der Waals surface area (Å²) in [6.45, 7) is 1.25. The van der Waals surface area contributed by atoms with Crippen molar-refractivity contribution in [2.45, 2.75) is 12.3 Å². The molecule has 4 rings (SSSR count). The third-order valence-electron chi connectivity index (χ3n) is 4.47. The molecule has 2 N–H and O–H groups in total. The second-order valence-corrected chi connectivity index (χ2v) is 6.96. The van der Waals surface area contributed by atoms with E-state index < -0.39 is 0 Å². The van der Waals surface area contributed by atoms with E-state index in [1.165, 1.54) is 22.3 Å². The smallest absolute Gasteiger partial charge is 0.129 e. The number of hydrogen-bond acceptors (Lipinski definition) is 5. The minimum atomic E-state index is 0.0289. The molecule has 3 aromatic rings. The van der Waals surface area contributed by atoms with Crippen LogP contribution in [-0.2, 0) is 6.42 Å². The zero-order valence-electron chi connectivity index (χ0n) is 13.8. The van der Waals surface area contributed by atoms with Crippen molar-refractivity contribution in [2.75, 3.05) is 25.1 Å². The van der Waals surface area contributed by atoms with Gasteiger partial charge < -0.3 is 15.2 Å². The van der Waals surface area contributed by atoms with Crippen LogP contribution in [0.3, 0.4) is 0 Å². The Kier molecular flexibility index (Phi) is 4.68. The molecular formula is C20H20N2O2S. The number of nitrogens with zero attached hydrogens (tertiary/aromatic N) is 1. The lowest BCUT2D eigenvalue weighted by molar-refractivity contribution is 0.201. The van der Waals surface area contributed by atoms with E-state index in [2.05, 4.69) is 45.3 Å². The average Bonchev–Trinajstić information content (AvgIpc) is 3.30. The number of anilines is 1. The summed E-state index contributed by atoms with van der Waals surface area (Å²) < 4.78 is 5.52. The van der Waals surface area contributed by atoms with Crippen molar-refractivity contribution in [3.63, 3.8) is 0 Å². The highest BCUT2D eigenvalue weighted by Gasteiger charge is 2.24. The molecule has 25 heavy (non-hydrogen) atoms. The van der Waals surface area contributed by atoms with Gasteiger partial charge in [0.05, 0.1) is 6.61 Å². The van der Waals surface area contributed by atoms with Gasteiger partial charge in [0.2, 0.25) is 0 Å². The second-order valence-electron chi connectivity index (χ2n) is 6.18. The van der Waals surface area contributed by atoms with Crippen molar-refractivity contribution in [1.29, 1.82) is 0 Å². The van der Waals surface area contributed by atoms with E-state index in [1.807, 2.05) is 18.3 Å². The van der Waals surface area contributed by atoms with Crippen LogP contribution in [0.25, 0.3) is 11.1 Å². The fourth-order valence-electron chi connectivity index (χ4n) is 3.25. The van der Waals surface area contributed by atoms with Crippen LogP contribution in [0, 0.1) is 0 Å². The van der Waals surface area contributed by atoms with Gasteiger partial charge >= 0.3 is 0 Å². The van der Waals surface area contributed by atoms with Gasteiger partial charge in [-0.3, -0.25) is 0 Å². The van der Waals surface area contributed by atoms with Gasteiger partial charge in [0.25, 0.3) is 0 Å². The Balaban J connectivity index is 1.55. The Morgan fingerprint density at radius 2 is 2.20 bits per heavy atom. The maximum Gasteiger partial charge on any atom is 0.129 e. The van der Waals surface area contributed by atoms with E-state index in [1.54, 1.807) is 11.3 Å². The lowest BCUT2D eigenvalue weighted by Gasteiger charge is -2.12. The van der Waals surface area contributed by atoms with Gasteiger partial charge in [-0.15, -0.1) is 0 Å². The number of aliphatic hydroxyl groups excluding tert-OH is 1. The van der Waals surface area contributed by atoms with E-state index in [0.29, 0.717) is 12.5 Å². The number of rotatable bonds is 6. The SMILES string of the molecule is OCCOc1cccc(CC2CNc3ncc(-c4ccsc4)cc32)c1. The van der Waals surface area contributed by atoms with Crippen LogP contribution in [0.4, 0.5) is 5.82 Å². The molecule has 0 radical (unpaired) electrons. The Morgan fingerprint density at radius 1 is 1.24 bits per heavy atom. The van der Waals surface area contributed by atoms with Gasteiger partial charge in [-0.1, -0.05) is 12.1 Å². The summed E-state index contributed by atoms with van der Waals surface area (Å²) in [5.41, 5.74) is 4.92. The molecule has 0 saturated carbocycles. The van der Waals surface area contributed by atoms with E-state index in [-0.39, 0.29) is 6.61 Å². The van der Waals surface area contributed by atoms with Gasteiger partial charge in [0.15, 0.2) is 0 Å². The molecule has 5 heteroatoms. The molecule has 0 aliphatic carbocycles. The normalized spacial score (nSPS) is 15.6. The van der Waals surface area contributed by atoms with E-state index in [0.717, 1.165) is 24.5 Å². The zero-order valence-corrected chi connectivity index (χ0v) is 14.6. The standard InChI is InChI=1S/C20H20N2O2S/c23-5-6-24-18-3-1-2-14(9-18)8-17-12-22-20-19(17)10-16(11-21-20)15-4-7-25-13-15/h1-4,7,9-11,13,17,23H,5-6,8,12H2,(H,21,22). The van der Waals surface area contributed by atoms with Crippen molar-refractivity contribution in [3.05, 3.63) is 64.5 Å². The fraction of sp³-hybridized carbons (Fsp3) is 0.250. The van der Waals surface area contributed by atoms with Crippen molar-refractivity contribution >= 4 is 17.2 Å². The van der Waals surface area contributed by atoms with Crippen molar-refractivity contribution < 1.29 is 9.84 Å². The maximum atomic E-state index is 8.90. The van der Waals surface area contributed by atoms with E-state index >= 15 is 0 Å². The molecule has 1 aliphatic rings. The first-order chi connectivity index (χ1) is 12.3. The lowest BCUT2D eigenvalue weighted by Crippen LogP contribution is -2.06. The minimum Gasteiger partial charge on any atom is -0.491 e. The maximum absolute atomic E-state index is 8.90. The summed E-state index contributed by atoms with van der Waals surface area (Å²) in [6, 6.07) is 12.5. The summed E-state index contributed by atoms with van der Waals surface area (Å²) in [7, 11) is 0. The minimum absolute atomic E-state index is 0.0289. The van der Waals surface area contributed by atoms with Gasteiger partial charge in [-0.2, -0.15) is 11.3 Å². The molecule has 128 valence electrons. The van der Waals surface area contributed by atoms with Crippen LogP contribution >= 0.6 is 11.3 Å². The monoisotopic (exact) mass is 352 g/mol. The topological polar surface area (TPSA) is 54.4 Å². The van der Waals surface area contributed by atoms with Crippen LogP contribution in [0.5, 0.6) is 5.75 Å². The number of nitrogens with one attached hydrogen (secondary N) is 1. The van der Waals surface area contributed by atoms with E-state index in [9.17, 15) is 0 Å². The number of fused-ring (bicyclic) bond motifs is 1. The first-order valence-electron chi connectivity index (χ1n) is 8.42. The molecule has 0 bridgehead atoms. The Morgan fingerprint density at radius 3 is 3.04 bits per heavy atom. The van der Waals surface area contributed by atoms with Gasteiger partial charge in [-0.25, -0.2) is 4.98 Å². The Bertz CT molecular complexity index is 849. The molecular weight excluding hydrogens is 332 g/mol. The largest absolute Gasteiger partial charge is 0.491 e. The fourth-order valence-corrected chi connectivity index (χ4v) is 3.91. The number of ether oxygens (including phenoxy) is 1. The lowest BCUT2D eigenvalue weighted by atomic mass is 9.93. The van der Waals surface area contributed by atoms with Gasteiger partial charge in [0.1, 0.15) is 18.2 Å². The van der Waals surface area contributed by atoms with Crippen molar-refractivity contribution in [1.82, 2.24) is 4.98 Å². The van der Waals surface area contributed by atoms with Gasteiger partial charge in [0, 0.05) is 29.8 Å². The van der Waals surface area contributed by atoms with Crippen LogP contribution in [0.2, 0.25) is 0 Å². The number of aliphatic hydroxyl groups is 1. The predicted octanol–water partition coefficient (Wildman–Crippen LogP) is 3.93. The summed E-state index contributed by atoms with van der Waals surface area (Å²) >= 11 is 1.70. The average molecular weight is 352 g/mol. The number of hydrogen-bond donors (Lipinski definition) is 2. The quantitative estimate of drug-likeness (QED) is 0.706. The number of pyridine rings is 1. The molecule has 1 aromatic carbocycles. The first kappa shape index (κ1) is 16.1. The summed E-state index contributed by atoms with van der Waals surface area (Å²) in [4.78, 5) is 4.61. The van der Waals surface area contributed by atoms with Crippen LogP contribution in [0.1, 0.15) is 17.0 Å². The second kappa shape index (κ2) is 7.25.